The van der Waals surface area contributed by atoms with Crippen molar-refractivity contribution in [3.05, 3.63) is 59.7 Å². The number of likely N-dealkylation sites (N-methyl/N-ethyl adjacent to an activating group) is 1. The highest BCUT2D eigenvalue weighted by Gasteiger charge is 2.15. The van der Waals surface area contributed by atoms with Crippen molar-refractivity contribution in [2.24, 2.45) is 0 Å². The molecule has 2 aromatic carbocycles. The van der Waals surface area contributed by atoms with Gasteiger partial charge in [-0.3, -0.25) is 4.79 Å². The Bertz CT molecular complexity index is 769. The fourth-order valence-electron chi connectivity index (χ4n) is 2.37. The van der Waals surface area contributed by atoms with Crippen LogP contribution in [0.4, 0.5) is 11.4 Å². The SMILES string of the molecule is CC(CN(C=O)c1ccc(C#N)cc1)N(C)c1ccc(C#N)cc1. The molecule has 0 spiro atoms. The average molecular weight is 318 g/mol. The Morgan fingerprint density at radius 2 is 1.42 bits per heavy atom. The maximum Gasteiger partial charge on any atom is 0.214 e. The molecule has 1 amide bonds. The van der Waals surface area contributed by atoms with E-state index >= 15 is 0 Å². The quantitative estimate of drug-likeness (QED) is 0.768. The molecule has 0 bridgehead atoms. The minimum atomic E-state index is 0.0683. The third-order valence-corrected chi connectivity index (χ3v) is 3.98. The Labute approximate surface area is 142 Å². The molecule has 0 fully saturated rings. The molecule has 120 valence electrons. The number of carbonyl (C=O) groups is 1. The molecular formula is C19H18N4O. The number of hydrogen-bond acceptors (Lipinski definition) is 4. The zero-order valence-electron chi connectivity index (χ0n) is 13.7. The van der Waals surface area contributed by atoms with Crippen LogP contribution in [0.1, 0.15) is 18.1 Å². The second kappa shape index (κ2) is 7.80. The summed E-state index contributed by atoms with van der Waals surface area (Å²) in [4.78, 5) is 15.1. The Hall–Kier alpha value is -3.31. The van der Waals surface area contributed by atoms with Crippen molar-refractivity contribution in [2.45, 2.75) is 13.0 Å². The van der Waals surface area contributed by atoms with Crippen LogP contribution in [0.25, 0.3) is 0 Å². The highest BCUT2D eigenvalue weighted by Crippen LogP contribution is 2.19. The molecule has 0 aromatic heterocycles. The predicted octanol–water partition coefficient (Wildman–Crippen LogP) is 2.92. The molecular weight excluding hydrogens is 300 g/mol. The second-order valence-corrected chi connectivity index (χ2v) is 5.54. The van der Waals surface area contributed by atoms with Gasteiger partial charge in [-0.05, 0) is 55.5 Å². The van der Waals surface area contributed by atoms with E-state index in [-0.39, 0.29) is 6.04 Å². The lowest BCUT2D eigenvalue weighted by Crippen LogP contribution is -2.40. The molecule has 1 atom stereocenters. The summed E-state index contributed by atoms with van der Waals surface area (Å²) in [6.07, 6.45) is 0.796. The first-order valence-corrected chi connectivity index (χ1v) is 7.54. The Morgan fingerprint density at radius 1 is 0.958 bits per heavy atom. The predicted molar refractivity (Wildman–Crippen MR) is 93.6 cm³/mol. The highest BCUT2D eigenvalue weighted by molar-refractivity contribution is 5.75. The van der Waals surface area contributed by atoms with Gasteiger partial charge in [-0.25, -0.2) is 0 Å². The monoisotopic (exact) mass is 318 g/mol. The average Bonchev–Trinajstić information content (AvgIpc) is 2.65. The van der Waals surface area contributed by atoms with E-state index < -0.39 is 0 Å². The molecule has 0 saturated heterocycles. The number of nitriles is 2. The van der Waals surface area contributed by atoms with Gasteiger partial charge in [0.05, 0.1) is 23.3 Å². The molecule has 0 N–H and O–H groups in total. The minimum absolute atomic E-state index is 0.0683. The van der Waals surface area contributed by atoms with Gasteiger partial charge in [-0.1, -0.05) is 0 Å². The van der Waals surface area contributed by atoms with Crippen LogP contribution in [-0.4, -0.2) is 26.0 Å². The molecule has 24 heavy (non-hydrogen) atoms. The summed E-state index contributed by atoms with van der Waals surface area (Å²) >= 11 is 0. The van der Waals surface area contributed by atoms with Crippen LogP contribution in [-0.2, 0) is 4.79 Å². The lowest BCUT2D eigenvalue weighted by molar-refractivity contribution is -0.107. The van der Waals surface area contributed by atoms with Crippen molar-refractivity contribution in [1.29, 1.82) is 10.5 Å². The fourth-order valence-corrected chi connectivity index (χ4v) is 2.37. The maximum absolute atomic E-state index is 11.4. The van der Waals surface area contributed by atoms with E-state index in [9.17, 15) is 4.79 Å². The van der Waals surface area contributed by atoms with Crippen LogP contribution in [0.15, 0.2) is 48.5 Å². The van der Waals surface area contributed by atoms with Gasteiger partial charge in [0, 0.05) is 31.0 Å². The zero-order valence-corrected chi connectivity index (χ0v) is 13.7. The molecule has 0 aliphatic carbocycles. The normalized spacial score (nSPS) is 11.0. The number of carbonyl (C=O) groups excluding carboxylic acids is 1. The van der Waals surface area contributed by atoms with Crippen molar-refractivity contribution in [2.75, 3.05) is 23.4 Å². The molecule has 0 aliphatic rings. The number of benzene rings is 2. The number of anilines is 2. The van der Waals surface area contributed by atoms with E-state index in [0.717, 1.165) is 17.8 Å². The highest BCUT2D eigenvalue weighted by atomic mass is 16.1. The van der Waals surface area contributed by atoms with E-state index in [0.29, 0.717) is 17.7 Å². The summed E-state index contributed by atoms with van der Waals surface area (Å²) in [6, 6.07) is 18.5. The van der Waals surface area contributed by atoms with Crippen molar-refractivity contribution in [1.82, 2.24) is 0 Å². The number of hydrogen-bond donors (Lipinski definition) is 0. The van der Waals surface area contributed by atoms with E-state index in [2.05, 4.69) is 17.0 Å². The van der Waals surface area contributed by atoms with Gasteiger partial charge in [0.1, 0.15) is 0 Å². The van der Waals surface area contributed by atoms with Gasteiger partial charge in [0.15, 0.2) is 0 Å². The first-order chi connectivity index (χ1) is 11.6. The maximum atomic E-state index is 11.4. The van der Waals surface area contributed by atoms with Gasteiger partial charge >= 0.3 is 0 Å². The smallest absolute Gasteiger partial charge is 0.214 e. The molecule has 2 aromatic rings. The van der Waals surface area contributed by atoms with Gasteiger partial charge in [0.25, 0.3) is 0 Å². The molecule has 0 heterocycles. The molecule has 0 aliphatic heterocycles. The standard InChI is InChI=1S/C19H18N4O/c1-15(22(2)18-7-3-16(11-20)4-8-18)13-23(14-24)19-9-5-17(12-21)6-10-19/h3-10,14-15H,13H2,1-2H3. The Kier molecular flexibility index (Phi) is 5.54. The summed E-state index contributed by atoms with van der Waals surface area (Å²) in [7, 11) is 1.95. The molecule has 5 nitrogen and oxygen atoms in total. The summed E-state index contributed by atoms with van der Waals surface area (Å²) < 4.78 is 0. The number of amides is 1. The fraction of sp³-hybridized carbons (Fsp3) is 0.211. The van der Waals surface area contributed by atoms with Crippen LogP contribution in [0.2, 0.25) is 0 Å². The lowest BCUT2D eigenvalue weighted by atomic mass is 10.1. The van der Waals surface area contributed by atoms with E-state index in [1.165, 1.54) is 0 Å². The second-order valence-electron chi connectivity index (χ2n) is 5.54. The summed E-state index contributed by atoms with van der Waals surface area (Å²) in [5, 5.41) is 17.7. The summed E-state index contributed by atoms with van der Waals surface area (Å²) in [6.45, 7) is 2.53. The van der Waals surface area contributed by atoms with Crippen molar-refractivity contribution >= 4 is 17.8 Å². The summed E-state index contributed by atoms with van der Waals surface area (Å²) in [5.41, 5.74) is 2.91. The van der Waals surface area contributed by atoms with E-state index in [4.69, 9.17) is 10.5 Å². The third-order valence-electron chi connectivity index (χ3n) is 3.98. The summed E-state index contributed by atoms with van der Waals surface area (Å²) in [5.74, 6) is 0. The van der Waals surface area contributed by atoms with Gasteiger partial charge in [-0.2, -0.15) is 10.5 Å². The minimum Gasteiger partial charge on any atom is -0.370 e. The van der Waals surface area contributed by atoms with Gasteiger partial charge < -0.3 is 9.80 Å². The molecule has 1 unspecified atom stereocenters. The van der Waals surface area contributed by atoms with Gasteiger partial charge in [0.2, 0.25) is 6.41 Å². The molecule has 2 rings (SSSR count). The topological polar surface area (TPSA) is 71.1 Å². The van der Waals surface area contributed by atoms with Crippen molar-refractivity contribution in [3.63, 3.8) is 0 Å². The first-order valence-electron chi connectivity index (χ1n) is 7.54. The van der Waals surface area contributed by atoms with Crippen LogP contribution < -0.4 is 9.80 Å². The number of nitrogens with zero attached hydrogens (tertiary/aromatic N) is 4. The van der Waals surface area contributed by atoms with Crippen LogP contribution in [0.3, 0.4) is 0 Å². The lowest BCUT2D eigenvalue weighted by Gasteiger charge is -2.30. The zero-order chi connectivity index (χ0) is 17.5. The van der Waals surface area contributed by atoms with Crippen LogP contribution in [0, 0.1) is 22.7 Å². The Morgan fingerprint density at radius 3 is 1.83 bits per heavy atom. The van der Waals surface area contributed by atoms with Gasteiger partial charge in [-0.15, -0.1) is 0 Å². The van der Waals surface area contributed by atoms with E-state index in [1.807, 2.05) is 26.1 Å². The largest absolute Gasteiger partial charge is 0.370 e. The molecule has 5 heteroatoms. The molecule has 0 saturated carbocycles. The molecule has 0 radical (unpaired) electrons. The van der Waals surface area contributed by atoms with Crippen molar-refractivity contribution in [3.8, 4) is 12.1 Å². The van der Waals surface area contributed by atoms with E-state index in [1.54, 1.807) is 41.3 Å². The van der Waals surface area contributed by atoms with Crippen molar-refractivity contribution < 1.29 is 4.79 Å². The van der Waals surface area contributed by atoms with Crippen LogP contribution >= 0.6 is 0 Å². The Balaban J connectivity index is 2.09. The van der Waals surface area contributed by atoms with Crippen LogP contribution in [0.5, 0.6) is 0 Å². The first kappa shape index (κ1) is 17.1. The number of rotatable bonds is 6. The third kappa shape index (κ3) is 3.91.